The second-order valence-corrected chi connectivity index (χ2v) is 8.29. The number of sulfonamides is 1. The molecule has 0 bridgehead atoms. The van der Waals surface area contributed by atoms with Gasteiger partial charge < -0.3 is 0 Å². The summed E-state index contributed by atoms with van der Waals surface area (Å²) in [5.74, 6) is 1.20. The highest BCUT2D eigenvalue weighted by Crippen LogP contribution is 2.22. The molecule has 0 aliphatic carbocycles. The number of aromatic nitrogens is 2. The van der Waals surface area contributed by atoms with Crippen LogP contribution in [0.4, 0.5) is 5.82 Å². The molecule has 0 aliphatic rings. The first-order valence-electron chi connectivity index (χ1n) is 7.84. The van der Waals surface area contributed by atoms with Crippen LogP contribution in [0.15, 0.2) is 35.4 Å². The molecular formula is C17H25N3O2S. The average Bonchev–Trinajstić information content (AvgIpc) is 2.77. The van der Waals surface area contributed by atoms with E-state index in [1.165, 1.54) is 0 Å². The van der Waals surface area contributed by atoms with Crippen molar-refractivity contribution < 1.29 is 8.42 Å². The number of anilines is 1. The topological polar surface area (TPSA) is 64.0 Å². The van der Waals surface area contributed by atoms with Gasteiger partial charge in [0.05, 0.1) is 4.90 Å². The minimum absolute atomic E-state index is 0.253. The second kappa shape index (κ2) is 6.74. The molecule has 1 heterocycles. The summed E-state index contributed by atoms with van der Waals surface area (Å²) >= 11 is 0. The molecule has 0 saturated carbocycles. The fourth-order valence-electron chi connectivity index (χ4n) is 2.43. The van der Waals surface area contributed by atoms with Gasteiger partial charge in [-0.1, -0.05) is 39.8 Å². The normalized spacial score (nSPS) is 12.1. The number of nitrogens with zero attached hydrogens (tertiary/aromatic N) is 2. The average molecular weight is 335 g/mol. The molecule has 0 radical (unpaired) electrons. The lowest BCUT2D eigenvalue weighted by molar-refractivity contribution is 0.600. The van der Waals surface area contributed by atoms with Gasteiger partial charge in [0.2, 0.25) is 0 Å². The number of hydrogen-bond donors (Lipinski definition) is 1. The summed E-state index contributed by atoms with van der Waals surface area (Å²) in [4.78, 5) is 0.253. The van der Waals surface area contributed by atoms with Crippen molar-refractivity contribution in [3.8, 4) is 0 Å². The predicted octanol–water partition coefficient (Wildman–Crippen LogP) is 3.54. The summed E-state index contributed by atoms with van der Waals surface area (Å²) in [6, 6.07) is 6.99. The van der Waals surface area contributed by atoms with Crippen molar-refractivity contribution in [3.05, 3.63) is 41.6 Å². The molecule has 5 nitrogen and oxygen atoms in total. The molecule has 1 aromatic heterocycles. The third-order valence-electron chi connectivity index (χ3n) is 3.62. The lowest BCUT2D eigenvalue weighted by Crippen LogP contribution is -2.15. The van der Waals surface area contributed by atoms with Crippen LogP contribution in [-0.2, 0) is 23.5 Å². The van der Waals surface area contributed by atoms with E-state index in [0.717, 1.165) is 17.5 Å². The molecule has 0 fully saturated rings. The van der Waals surface area contributed by atoms with E-state index in [1.807, 2.05) is 18.3 Å². The molecule has 0 atom stereocenters. The highest BCUT2D eigenvalue weighted by molar-refractivity contribution is 7.92. The lowest BCUT2D eigenvalue weighted by Gasteiger charge is -2.10. The maximum Gasteiger partial charge on any atom is 0.263 e. The summed E-state index contributed by atoms with van der Waals surface area (Å²) in [6.45, 7) is 8.34. The molecule has 1 aromatic carbocycles. The fourth-order valence-corrected chi connectivity index (χ4v) is 3.47. The van der Waals surface area contributed by atoms with Gasteiger partial charge in [-0.3, -0.25) is 9.40 Å². The van der Waals surface area contributed by atoms with Gasteiger partial charge in [0.1, 0.15) is 0 Å². The fraction of sp³-hybridized carbons (Fsp3) is 0.471. The minimum atomic E-state index is -3.63. The van der Waals surface area contributed by atoms with Crippen molar-refractivity contribution in [2.75, 3.05) is 4.72 Å². The zero-order chi connectivity index (χ0) is 17.2. The van der Waals surface area contributed by atoms with Crippen LogP contribution in [0.2, 0.25) is 0 Å². The third kappa shape index (κ3) is 4.34. The van der Waals surface area contributed by atoms with Crippen molar-refractivity contribution in [2.45, 2.75) is 44.9 Å². The van der Waals surface area contributed by atoms with Crippen LogP contribution >= 0.6 is 0 Å². The van der Waals surface area contributed by atoms with Crippen LogP contribution in [0.1, 0.15) is 44.7 Å². The Bertz CT molecular complexity index is 760. The van der Waals surface area contributed by atoms with Crippen molar-refractivity contribution in [1.82, 2.24) is 9.78 Å². The first-order chi connectivity index (χ1) is 10.7. The van der Waals surface area contributed by atoms with Crippen LogP contribution in [-0.4, -0.2) is 18.2 Å². The predicted molar refractivity (Wildman–Crippen MR) is 93.1 cm³/mol. The second-order valence-electron chi connectivity index (χ2n) is 6.60. The Morgan fingerprint density at radius 2 is 1.74 bits per heavy atom. The van der Waals surface area contributed by atoms with Gasteiger partial charge in [-0.15, -0.1) is 0 Å². The largest absolute Gasteiger partial charge is 0.273 e. The Balaban J connectivity index is 2.27. The summed E-state index contributed by atoms with van der Waals surface area (Å²) in [6.07, 6.45) is 2.64. The van der Waals surface area contributed by atoms with E-state index < -0.39 is 10.0 Å². The number of aryl methyl sites for hydroxylation is 1. The highest BCUT2D eigenvalue weighted by atomic mass is 32.2. The van der Waals surface area contributed by atoms with Crippen molar-refractivity contribution in [1.29, 1.82) is 0 Å². The van der Waals surface area contributed by atoms with Gasteiger partial charge in [-0.05, 0) is 36.0 Å². The van der Waals surface area contributed by atoms with Gasteiger partial charge in [0.25, 0.3) is 10.0 Å². The molecule has 0 aliphatic heterocycles. The van der Waals surface area contributed by atoms with Crippen LogP contribution in [0.3, 0.4) is 0 Å². The minimum Gasteiger partial charge on any atom is -0.273 e. The van der Waals surface area contributed by atoms with Crippen LogP contribution in [0, 0.1) is 5.92 Å². The summed E-state index contributed by atoms with van der Waals surface area (Å²) in [7, 11) is -1.84. The highest BCUT2D eigenvalue weighted by Gasteiger charge is 2.19. The SMILES string of the molecule is CC(C)Cc1cn(C)nc1NS(=O)(=O)c1ccc(C(C)C)cc1. The van der Waals surface area contributed by atoms with Gasteiger partial charge in [0, 0.05) is 18.8 Å². The first-order valence-corrected chi connectivity index (χ1v) is 9.32. The molecular weight excluding hydrogens is 310 g/mol. The van der Waals surface area contributed by atoms with Gasteiger partial charge in [-0.25, -0.2) is 8.42 Å². The van der Waals surface area contributed by atoms with Gasteiger partial charge in [-0.2, -0.15) is 5.10 Å². The van der Waals surface area contributed by atoms with Crippen LogP contribution < -0.4 is 4.72 Å². The molecule has 6 heteroatoms. The van der Waals surface area contributed by atoms with E-state index in [0.29, 0.717) is 17.7 Å². The maximum atomic E-state index is 12.6. The molecule has 0 amide bonds. The van der Waals surface area contributed by atoms with E-state index in [-0.39, 0.29) is 4.90 Å². The number of rotatable bonds is 6. The Morgan fingerprint density at radius 3 is 2.26 bits per heavy atom. The number of hydrogen-bond acceptors (Lipinski definition) is 3. The van der Waals surface area contributed by atoms with E-state index in [1.54, 1.807) is 23.9 Å². The molecule has 126 valence electrons. The van der Waals surface area contributed by atoms with Crippen molar-refractivity contribution in [2.24, 2.45) is 13.0 Å². The van der Waals surface area contributed by atoms with Crippen LogP contribution in [0.25, 0.3) is 0 Å². The molecule has 0 saturated heterocycles. The quantitative estimate of drug-likeness (QED) is 0.878. The summed E-state index contributed by atoms with van der Waals surface area (Å²) < 4.78 is 29.4. The zero-order valence-electron chi connectivity index (χ0n) is 14.4. The van der Waals surface area contributed by atoms with Gasteiger partial charge >= 0.3 is 0 Å². The first kappa shape index (κ1) is 17.5. The lowest BCUT2D eigenvalue weighted by atomic mass is 10.0. The maximum absolute atomic E-state index is 12.6. The summed E-state index contributed by atoms with van der Waals surface area (Å²) in [5.41, 5.74) is 2.02. The summed E-state index contributed by atoms with van der Waals surface area (Å²) in [5, 5.41) is 4.25. The zero-order valence-corrected chi connectivity index (χ0v) is 15.2. The molecule has 0 unspecified atom stereocenters. The Kier molecular flexibility index (Phi) is 5.14. The standard InChI is InChI=1S/C17H25N3O2S/c1-12(2)10-15-11-20(5)18-17(15)19-23(21,22)16-8-6-14(7-9-16)13(3)4/h6-9,11-13H,10H2,1-5H3,(H,18,19). The van der Waals surface area contributed by atoms with E-state index in [9.17, 15) is 8.42 Å². The Hall–Kier alpha value is -1.82. The molecule has 0 spiro atoms. The van der Waals surface area contributed by atoms with E-state index in [2.05, 4.69) is 37.5 Å². The van der Waals surface area contributed by atoms with Crippen LogP contribution in [0.5, 0.6) is 0 Å². The van der Waals surface area contributed by atoms with Crippen molar-refractivity contribution in [3.63, 3.8) is 0 Å². The number of benzene rings is 1. The van der Waals surface area contributed by atoms with E-state index in [4.69, 9.17) is 0 Å². The third-order valence-corrected chi connectivity index (χ3v) is 4.98. The van der Waals surface area contributed by atoms with Crippen molar-refractivity contribution >= 4 is 15.8 Å². The molecule has 2 aromatic rings. The Morgan fingerprint density at radius 1 is 1.13 bits per heavy atom. The monoisotopic (exact) mass is 335 g/mol. The molecule has 2 rings (SSSR count). The van der Waals surface area contributed by atoms with E-state index >= 15 is 0 Å². The Labute approximate surface area is 138 Å². The molecule has 1 N–H and O–H groups in total. The molecule has 23 heavy (non-hydrogen) atoms. The van der Waals surface area contributed by atoms with Gasteiger partial charge in [0.15, 0.2) is 5.82 Å². The smallest absolute Gasteiger partial charge is 0.263 e. The number of nitrogens with one attached hydrogen (secondary N) is 1.